The molecular weight excluding hydrogens is 398 g/mol. The van der Waals surface area contributed by atoms with Crippen LogP contribution in [0.5, 0.6) is 0 Å². The Balaban J connectivity index is 1.41. The maximum absolute atomic E-state index is 12.5. The minimum atomic E-state index is -0.0548. The minimum Gasteiger partial charge on any atom is -0.323 e. The molecular formula is C21H23N7OS. The van der Waals surface area contributed by atoms with E-state index >= 15 is 0 Å². The van der Waals surface area contributed by atoms with E-state index in [9.17, 15) is 4.79 Å². The van der Waals surface area contributed by atoms with Crippen molar-refractivity contribution in [2.24, 2.45) is 0 Å². The molecule has 3 aromatic heterocycles. The molecule has 4 aromatic rings. The third-order valence-electron chi connectivity index (χ3n) is 4.77. The summed E-state index contributed by atoms with van der Waals surface area (Å²) in [6.07, 6.45) is 0.354. The highest BCUT2D eigenvalue weighted by atomic mass is 32.2. The van der Waals surface area contributed by atoms with Crippen molar-refractivity contribution in [2.75, 3.05) is 11.1 Å². The second-order valence-electron chi connectivity index (χ2n) is 7.06. The Bertz CT molecular complexity index is 1210. The van der Waals surface area contributed by atoms with E-state index in [-0.39, 0.29) is 5.91 Å². The van der Waals surface area contributed by atoms with Gasteiger partial charge in [-0.1, -0.05) is 30.0 Å². The highest BCUT2D eigenvalue weighted by Crippen LogP contribution is 2.24. The third-order valence-corrected chi connectivity index (χ3v) is 5.71. The van der Waals surface area contributed by atoms with Gasteiger partial charge in [-0.15, -0.1) is 10.2 Å². The van der Waals surface area contributed by atoms with Crippen LogP contribution in [0.4, 0.5) is 5.69 Å². The SMILES string of the molecule is Cc1cc2nnc(SCCC(=O)Nc3c(C)nn(-c4ccccc4)c3C)n2c(C)n1. The number of amides is 1. The monoisotopic (exact) mass is 421 g/mol. The molecule has 0 aliphatic rings. The summed E-state index contributed by atoms with van der Waals surface area (Å²) in [5, 5.41) is 16.8. The molecule has 1 aromatic carbocycles. The van der Waals surface area contributed by atoms with Crippen molar-refractivity contribution in [3.8, 4) is 5.69 Å². The molecule has 0 unspecified atom stereocenters. The Morgan fingerprint density at radius 3 is 2.63 bits per heavy atom. The number of thioether (sulfide) groups is 1. The number of carbonyl (C=O) groups is 1. The number of para-hydroxylation sites is 1. The van der Waals surface area contributed by atoms with E-state index in [0.29, 0.717) is 12.2 Å². The van der Waals surface area contributed by atoms with Crippen LogP contribution in [-0.2, 0) is 4.79 Å². The van der Waals surface area contributed by atoms with Gasteiger partial charge >= 0.3 is 0 Å². The Labute approximate surface area is 178 Å². The second kappa shape index (κ2) is 8.27. The van der Waals surface area contributed by atoms with Crippen molar-refractivity contribution in [1.29, 1.82) is 0 Å². The molecule has 0 radical (unpaired) electrons. The third kappa shape index (κ3) is 3.93. The van der Waals surface area contributed by atoms with Crippen molar-refractivity contribution in [3.05, 3.63) is 59.3 Å². The number of fused-ring (bicyclic) bond motifs is 1. The number of aryl methyl sites for hydroxylation is 3. The maximum Gasteiger partial charge on any atom is 0.225 e. The van der Waals surface area contributed by atoms with Gasteiger partial charge in [0.25, 0.3) is 0 Å². The van der Waals surface area contributed by atoms with Crippen molar-refractivity contribution in [2.45, 2.75) is 39.3 Å². The zero-order chi connectivity index (χ0) is 21.3. The Morgan fingerprint density at radius 1 is 1.10 bits per heavy atom. The molecule has 1 N–H and O–H groups in total. The Hall–Kier alpha value is -3.20. The van der Waals surface area contributed by atoms with Gasteiger partial charge in [0.05, 0.1) is 22.8 Å². The number of aromatic nitrogens is 6. The summed E-state index contributed by atoms with van der Waals surface area (Å²) >= 11 is 1.49. The lowest BCUT2D eigenvalue weighted by Crippen LogP contribution is -2.13. The van der Waals surface area contributed by atoms with Crippen LogP contribution in [0.3, 0.4) is 0 Å². The average molecular weight is 422 g/mol. The van der Waals surface area contributed by atoms with E-state index < -0.39 is 0 Å². The molecule has 4 rings (SSSR count). The molecule has 0 saturated carbocycles. The maximum atomic E-state index is 12.5. The molecule has 8 nitrogen and oxygen atoms in total. The molecule has 154 valence electrons. The predicted octanol–water partition coefficient (Wildman–Crippen LogP) is 3.66. The normalized spacial score (nSPS) is 11.2. The van der Waals surface area contributed by atoms with Crippen molar-refractivity contribution < 1.29 is 4.79 Å². The topological polar surface area (TPSA) is 90.0 Å². The van der Waals surface area contributed by atoms with Gasteiger partial charge < -0.3 is 5.32 Å². The lowest BCUT2D eigenvalue weighted by Gasteiger charge is -2.07. The van der Waals surface area contributed by atoms with Gasteiger partial charge in [-0.25, -0.2) is 9.67 Å². The van der Waals surface area contributed by atoms with Crippen LogP contribution in [0.1, 0.15) is 29.3 Å². The molecule has 0 fully saturated rings. The van der Waals surface area contributed by atoms with Crippen LogP contribution in [0, 0.1) is 27.7 Å². The molecule has 0 aliphatic heterocycles. The first-order valence-electron chi connectivity index (χ1n) is 9.67. The van der Waals surface area contributed by atoms with Gasteiger partial charge in [-0.05, 0) is 39.8 Å². The largest absolute Gasteiger partial charge is 0.323 e. The van der Waals surface area contributed by atoms with Crippen molar-refractivity contribution in [3.63, 3.8) is 0 Å². The van der Waals surface area contributed by atoms with Gasteiger partial charge in [0.2, 0.25) is 5.91 Å². The molecule has 30 heavy (non-hydrogen) atoms. The molecule has 0 bridgehead atoms. The summed E-state index contributed by atoms with van der Waals surface area (Å²) in [6, 6.07) is 11.8. The molecule has 9 heteroatoms. The van der Waals surface area contributed by atoms with Gasteiger partial charge in [0.1, 0.15) is 5.82 Å². The standard InChI is InChI=1S/C21H23N7OS/c1-13-12-18-24-25-21(27(18)16(4)22-13)30-11-10-19(29)23-20-14(2)26-28(15(20)3)17-8-6-5-7-9-17/h5-9,12H,10-11H2,1-4H3,(H,23,29). The summed E-state index contributed by atoms with van der Waals surface area (Å²) in [5.41, 5.74) is 5.10. The minimum absolute atomic E-state index is 0.0548. The van der Waals surface area contributed by atoms with Crippen LogP contribution in [0.25, 0.3) is 11.3 Å². The first-order valence-corrected chi connectivity index (χ1v) is 10.7. The number of benzene rings is 1. The quantitative estimate of drug-likeness (QED) is 0.478. The van der Waals surface area contributed by atoms with E-state index in [0.717, 1.165) is 45.1 Å². The number of carbonyl (C=O) groups excluding carboxylic acids is 1. The molecule has 1 amide bonds. The first-order chi connectivity index (χ1) is 14.4. The summed E-state index contributed by atoms with van der Waals surface area (Å²) in [7, 11) is 0. The van der Waals surface area contributed by atoms with E-state index in [2.05, 4.69) is 25.6 Å². The Morgan fingerprint density at radius 2 is 1.87 bits per heavy atom. The Kier molecular flexibility index (Phi) is 5.54. The fraction of sp³-hybridized carbons (Fsp3) is 0.286. The van der Waals surface area contributed by atoms with Crippen LogP contribution in [0.15, 0.2) is 41.6 Å². The van der Waals surface area contributed by atoms with Crippen molar-refractivity contribution >= 4 is 29.0 Å². The number of nitrogens with one attached hydrogen (secondary N) is 1. The number of anilines is 1. The number of nitrogens with zero attached hydrogens (tertiary/aromatic N) is 6. The van der Waals surface area contributed by atoms with Gasteiger partial charge in [0.15, 0.2) is 10.8 Å². The van der Waals surface area contributed by atoms with E-state index in [1.165, 1.54) is 11.8 Å². The lowest BCUT2D eigenvalue weighted by atomic mass is 10.3. The predicted molar refractivity (Wildman–Crippen MR) is 117 cm³/mol. The number of hydrogen-bond donors (Lipinski definition) is 1. The molecule has 0 atom stereocenters. The highest BCUT2D eigenvalue weighted by Gasteiger charge is 2.16. The number of rotatable bonds is 6. The summed E-state index contributed by atoms with van der Waals surface area (Å²) in [4.78, 5) is 17.0. The van der Waals surface area contributed by atoms with Crippen LogP contribution in [-0.4, -0.2) is 41.0 Å². The first kappa shape index (κ1) is 20.1. The lowest BCUT2D eigenvalue weighted by molar-refractivity contribution is -0.115. The van der Waals surface area contributed by atoms with Crippen molar-refractivity contribution in [1.82, 2.24) is 29.4 Å². The van der Waals surface area contributed by atoms with Crippen LogP contribution >= 0.6 is 11.8 Å². The highest BCUT2D eigenvalue weighted by molar-refractivity contribution is 7.99. The van der Waals surface area contributed by atoms with E-state index in [1.54, 1.807) is 0 Å². The van der Waals surface area contributed by atoms with Crippen LogP contribution in [0.2, 0.25) is 0 Å². The van der Waals surface area contributed by atoms with Gasteiger partial charge in [-0.3, -0.25) is 9.20 Å². The fourth-order valence-electron chi connectivity index (χ4n) is 3.38. The van der Waals surface area contributed by atoms with Gasteiger partial charge in [-0.2, -0.15) is 5.10 Å². The second-order valence-corrected chi connectivity index (χ2v) is 8.12. The average Bonchev–Trinajstić information content (AvgIpc) is 3.24. The fourth-order valence-corrected chi connectivity index (χ4v) is 4.30. The molecule has 0 aliphatic carbocycles. The summed E-state index contributed by atoms with van der Waals surface area (Å²) in [5.74, 6) is 1.37. The molecule has 0 spiro atoms. The number of hydrogen-bond acceptors (Lipinski definition) is 6. The van der Waals surface area contributed by atoms with E-state index in [1.807, 2.05) is 73.2 Å². The zero-order valence-electron chi connectivity index (χ0n) is 17.4. The van der Waals surface area contributed by atoms with E-state index in [4.69, 9.17) is 0 Å². The summed E-state index contributed by atoms with van der Waals surface area (Å²) in [6.45, 7) is 7.72. The molecule has 0 saturated heterocycles. The van der Waals surface area contributed by atoms with Gasteiger partial charge in [0, 0.05) is 23.9 Å². The van der Waals surface area contributed by atoms with Crippen LogP contribution < -0.4 is 5.32 Å². The molecule has 3 heterocycles. The summed E-state index contributed by atoms with van der Waals surface area (Å²) < 4.78 is 3.76. The zero-order valence-corrected chi connectivity index (χ0v) is 18.2. The smallest absolute Gasteiger partial charge is 0.225 e.